The van der Waals surface area contributed by atoms with Crippen molar-refractivity contribution in [1.82, 2.24) is 24.7 Å². The van der Waals surface area contributed by atoms with E-state index in [1.54, 1.807) is 6.20 Å². The van der Waals surface area contributed by atoms with Gasteiger partial charge in [-0.3, -0.25) is 4.90 Å². The molecule has 2 aromatic rings. The highest BCUT2D eigenvalue weighted by atomic mass is 35.5. The number of halogens is 1. The number of hydrogen-bond donors (Lipinski definition) is 0. The van der Waals surface area contributed by atoms with E-state index in [1.165, 1.54) is 18.0 Å². The normalized spacial score (nSPS) is 19.2. The van der Waals surface area contributed by atoms with Crippen LogP contribution in [-0.4, -0.2) is 50.9 Å². The molecule has 0 radical (unpaired) electrons. The summed E-state index contributed by atoms with van der Waals surface area (Å²) >= 11 is 7.32. The zero-order valence-electron chi connectivity index (χ0n) is 11.8. The third-order valence-corrected chi connectivity index (χ3v) is 4.80. The van der Waals surface area contributed by atoms with Crippen molar-refractivity contribution in [2.24, 2.45) is 0 Å². The summed E-state index contributed by atoms with van der Waals surface area (Å²) < 4.78 is 4.57. The largest absolute Gasteiger partial charge is 0.354 e. The Hall–Kier alpha value is -1.31. The molecule has 0 aromatic carbocycles. The zero-order chi connectivity index (χ0) is 14.7. The Balaban J connectivity index is 1.64. The fraction of sp³-hybridized carbons (Fsp3) is 0.538. The molecule has 3 rings (SSSR count). The van der Waals surface area contributed by atoms with Gasteiger partial charge in [0, 0.05) is 43.4 Å². The standard InChI is InChI=1S/C13H17ClN6S/c1-19(9-11-13(14)21-18-16-11)10-4-3-7-20(8-10)12-5-2-6-15-17-12/h2,5-6,10H,3-4,7-9H2,1H3/t10-/m0/s1. The molecule has 0 aliphatic carbocycles. The van der Waals surface area contributed by atoms with Crippen molar-refractivity contribution < 1.29 is 0 Å². The van der Waals surface area contributed by atoms with Crippen LogP contribution in [0.1, 0.15) is 18.5 Å². The van der Waals surface area contributed by atoms with E-state index in [9.17, 15) is 0 Å². The molecule has 2 aromatic heterocycles. The smallest absolute Gasteiger partial charge is 0.151 e. The van der Waals surface area contributed by atoms with E-state index in [-0.39, 0.29) is 0 Å². The fourth-order valence-corrected chi connectivity index (χ4v) is 3.25. The second-order valence-electron chi connectivity index (χ2n) is 5.23. The lowest BCUT2D eigenvalue weighted by atomic mass is 10.0. The molecular formula is C13H17ClN6S. The Morgan fingerprint density at radius 3 is 3.10 bits per heavy atom. The molecule has 0 bridgehead atoms. The van der Waals surface area contributed by atoms with Gasteiger partial charge in [-0.05, 0) is 32.0 Å². The predicted octanol–water partition coefficient (Wildman–Crippen LogP) is 2.08. The molecule has 21 heavy (non-hydrogen) atoms. The first-order valence-corrected chi connectivity index (χ1v) is 8.09. The summed E-state index contributed by atoms with van der Waals surface area (Å²) in [4.78, 5) is 4.59. The SMILES string of the molecule is CN(Cc1nnsc1Cl)[C@H]1CCCN(c2cccnn2)C1. The highest BCUT2D eigenvalue weighted by Crippen LogP contribution is 2.23. The summed E-state index contributed by atoms with van der Waals surface area (Å²) in [5, 5.41) is 12.3. The monoisotopic (exact) mass is 324 g/mol. The van der Waals surface area contributed by atoms with Gasteiger partial charge in [-0.2, -0.15) is 5.10 Å². The molecular weight excluding hydrogens is 308 g/mol. The summed E-state index contributed by atoms with van der Waals surface area (Å²) in [5.74, 6) is 0.948. The minimum absolute atomic E-state index is 0.457. The number of nitrogens with zero attached hydrogens (tertiary/aromatic N) is 6. The molecule has 1 atom stereocenters. The maximum Gasteiger partial charge on any atom is 0.151 e. The van der Waals surface area contributed by atoms with E-state index in [0.29, 0.717) is 10.4 Å². The van der Waals surface area contributed by atoms with Crippen molar-refractivity contribution in [2.45, 2.75) is 25.4 Å². The molecule has 0 unspecified atom stereocenters. The molecule has 0 N–H and O–H groups in total. The lowest BCUT2D eigenvalue weighted by molar-refractivity contribution is 0.205. The van der Waals surface area contributed by atoms with Crippen LogP contribution in [0.5, 0.6) is 0 Å². The van der Waals surface area contributed by atoms with Gasteiger partial charge in [-0.1, -0.05) is 16.1 Å². The van der Waals surface area contributed by atoms with Gasteiger partial charge < -0.3 is 4.90 Å². The molecule has 0 amide bonds. The van der Waals surface area contributed by atoms with Gasteiger partial charge in [0.25, 0.3) is 0 Å². The van der Waals surface area contributed by atoms with Gasteiger partial charge >= 0.3 is 0 Å². The Labute approximate surface area is 132 Å². The molecule has 6 nitrogen and oxygen atoms in total. The topological polar surface area (TPSA) is 58.0 Å². The summed E-state index contributed by atoms with van der Waals surface area (Å²) in [6, 6.07) is 4.39. The van der Waals surface area contributed by atoms with E-state index in [2.05, 4.69) is 36.6 Å². The molecule has 1 fully saturated rings. The van der Waals surface area contributed by atoms with Crippen molar-refractivity contribution in [1.29, 1.82) is 0 Å². The van der Waals surface area contributed by atoms with Gasteiger partial charge in [0.15, 0.2) is 5.82 Å². The average Bonchev–Trinajstić information content (AvgIpc) is 2.93. The maximum atomic E-state index is 6.09. The van der Waals surface area contributed by atoms with Gasteiger partial charge in [-0.25, -0.2) is 0 Å². The first-order valence-electron chi connectivity index (χ1n) is 6.93. The van der Waals surface area contributed by atoms with Gasteiger partial charge in [0.05, 0.1) is 0 Å². The summed E-state index contributed by atoms with van der Waals surface area (Å²) in [5.41, 5.74) is 0.862. The minimum atomic E-state index is 0.457. The number of piperidine rings is 1. The maximum absolute atomic E-state index is 6.09. The molecule has 1 aliphatic heterocycles. The van der Waals surface area contributed by atoms with Crippen molar-refractivity contribution in [3.63, 3.8) is 0 Å². The third-order valence-electron chi connectivity index (χ3n) is 3.81. The van der Waals surface area contributed by atoms with Crippen molar-refractivity contribution in [3.05, 3.63) is 28.4 Å². The van der Waals surface area contributed by atoms with Crippen molar-refractivity contribution in [3.8, 4) is 0 Å². The van der Waals surface area contributed by atoms with Crippen LogP contribution in [0.25, 0.3) is 0 Å². The fourth-order valence-electron chi connectivity index (χ4n) is 2.64. The van der Waals surface area contributed by atoms with Crippen LogP contribution < -0.4 is 4.90 Å². The highest BCUT2D eigenvalue weighted by molar-refractivity contribution is 7.10. The van der Waals surface area contributed by atoms with Gasteiger partial charge in [0.1, 0.15) is 10.0 Å². The van der Waals surface area contributed by atoms with Crippen LogP contribution in [-0.2, 0) is 6.54 Å². The van der Waals surface area contributed by atoms with Crippen molar-refractivity contribution >= 4 is 29.0 Å². The average molecular weight is 325 g/mol. The molecule has 8 heteroatoms. The Morgan fingerprint density at radius 2 is 2.38 bits per heavy atom. The lowest BCUT2D eigenvalue weighted by Gasteiger charge is -2.37. The van der Waals surface area contributed by atoms with Gasteiger partial charge in [0.2, 0.25) is 0 Å². The minimum Gasteiger partial charge on any atom is -0.354 e. The van der Waals surface area contributed by atoms with Crippen molar-refractivity contribution in [2.75, 3.05) is 25.0 Å². The zero-order valence-corrected chi connectivity index (χ0v) is 13.4. The quantitative estimate of drug-likeness (QED) is 0.858. The first-order chi connectivity index (χ1) is 10.2. The van der Waals surface area contributed by atoms with Crippen LogP contribution in [0.2, 0.25) is 4.34 Å². The predicted molar refractivity (Wildman–Crippen MR) is 83.7 cm³/mol. The number of anilines is 1. The molecule has 3 heterocycles. The van der Waals surface area contributed by atoms with E-state index < -0.39 is 0 Å². The van der Waals surface area contributed by atoms with Crippen LogP contribution in [0.4, 0.5) is 5.82 Å². The van der Waals surface area contributed by atoms with Crippen LogP contribution in [0.3, 0.4) is 0 Å². The van der Waals surface area contributed by atoms with Gasteiger partial charge in [-0.15, -0.1) is 10.2 Å². The van der Waals surface area contributed by atoms with E-state index in [0.717, 1.165) is 37.6 Å². The third kappa shape index (κ3) is 3.48. The number of aromatic nitrogens is 4. The molecule has 112 valence electrons. The highest BCUT2D eigenvalue weighted by Gasteiger charge is 2.25. The second-order valence-corrected chi connectivity index (χ2v) is 6.59. The Kier molecular flexibility index (Phi) is 4.62. The Bertz CT molecular complexity index is 577. The first kappa shape index (κ1) is 14.6. The summed E-state index contributed by atoms with van der Waals surface area (Å²) in [6.07, 6.45) is 4.02. The Morgan fingerprint density at radius 1 is 1.48 bits per heavy atom. The lowest BCUT2D eigenvalue weighted by Crippen LogP contribution is -2.46. The van der Waals surface area contributed by atoms with E-state index in [1.807, 2.05) is 12.1 Å². The molecule has 1 aliphatic rings. The molecule has 0 spiro atoms. The second kappa shape index (κ2) is 6.64. The van der Waals surface area contributed by atoms with Crippen LogP contribution in [0.15, 0.2) is 18.3 Å². The number of likely N-dealkylation sites (N-methyl/N-ethyl adjacent to an activating group) is 1. The molecule has 1 saturated heterocycles. The summed E-state index contributed by atoms with van der Waals surface area (Å²) in [6.45, 7) is 2.71. The number of rotatable bonds is 4. The van der Waals surface area contributed by atoms with E-state index >= 15 is 0 Å². The van der Waals surface area contributed by atoms with Crippen LogP contribution in [0, 0.1) is 0 Å². The summed E-state index contributed by atoms with van der Waals surface area (Å²) in [7, 11) is 2.11. The van der Waals surface area contributed by atoms with Crippen LogP contribution >= 0.6 is 23.1 Å². The molecule has 0 saturated carbocycles. The number of hydrogen-bond acceptors (Lipinski definition) is 7. The van der Waals surface area contributed by atoms with E-state index in [4.69, 9.17) is 11.6 Å².